The second-order valence-electron chi connectivity index (χ2n) is 7.28. The van der Waals surface area contributed by atoms with E-state index in [0.717, 1.165) is 11.1 Å². The minimum absolute atomic E-state index is 0.217. The highest BCUT2D eigenvalue weighted by Gasteiger charge is 2.14. The van der Waals surface area contributed by atoms with Gasteiger partial charge in [0, 0.05) is 24.5 Å². The number of nitrogens with zero attached hydrogens (tertiary/aromatic N) is 2. The third kappa shape index (κ3) is 4.29. The van der Waals surface area contributed by atoms with Crippen LogP contribution in [0.3, 0.4) is 0 Å². The van der Waals surface area contributed by atoms with Gasteiger partial charge in [0.2, 0.25) is 0 Å². The number of methoxy groups -OCH3 is 2. The summed E-state index contributed by atoms with van der Waals surface area (Å²) in [5.74, 6) is 1.22. The maximum Gasteiger partial charge on any atom is 0.252 e. The van der Waals surface area contributed by atoms with Crippen molar-refractivity contribution >= 4 is 17.2 Å². The number of phenols is 1. The van der Waals surface area contributed by atoms with Crippen LogP contribution >= 0.6 is 0 Å². The van der Waals surface area contributed by atoms with Gasteiger partial charge in [0.05, 0.1) is 31.2 Å². The number of hydrogen-bond acceptors (Lipinski definition) is 6. The molecule has 8 heteroatoms. The van der Waals surface area contributed by atoms with Gasteiger partial charge in [0.25, 0.3) is 5.91 Å². The Morgan fingerprint density at radius 1 is 1.06 bits per heavy atom. The predicted molar refractivity (Wildman–Crippen MR) is 122 cm³/mol. The average Bonchev–Trinajstić information content (AvgIpc) is 3.24. The molecule has 164 valence electrons. The second-order valence-corrected chi connectivity index (χ2v) is 7.28. The molecule has 0 aliphatic heterocycles. The van der Waals surface area contributed by atoms with E-state index in [2.05, 4.69) is 10.3 Å². The first-order valence-corrected chi connectivity index (χ1v) is 10.0. The summed E-state index contributed by atoms with van der Waals surface area (Å²) in [5.41, 5.74) is 10.2. The number of rotatable bonds is 7. The number of benzene rings is 2. The highest BCUT2D eigenvalue weighted by atomic mass is 16.5. The Labute approximate surface area is 185 Å². The number of phenolic OH excluding ortho intramolecular Hbond substituents is 1. The molecule has 0 unspecified atom stereocenters. The van der Waals surface area contributed by atoms with Crippen LogP contribution in [-0.4, -0.2) is 41.2 Å². The van der Waals surface area contributed by atoms with Crippen molar-refractivity contribution in [2.45, 2.75) is 6.42 Å². The molecule has 0 atom stereocenters. The van der Waals surface area contributed by atoms with Crippen molar-refractivity contribution in [3.8, 4) is 28.5 Å². The van der Waals surface area contributed by atoms with Crippen LogP contribution in [0.5, 0.6) is 17.2 Å². The zero-order valence-corrected chi connectivity index (χ0v) is 17.8. The van der Waals surface area contributed by atoms with Gasteiger partial charge in [-0.2, -0.15) is 0 Å². The van der Waals surface area contributed by atoms with Gasteiger partial charge in [0.15, 0.2) is 17.1 Å². The minimum atomic E-state index is -0.223. The summed E-state index contributed by atoms with van der Waals surface area (Å²) in [5, 5.41) is 12.3. The number of fused-ring (bicyclic) bond motifs is 1. The van der Waals surface area contributed by atoms with Gasteiger partial charge in [-0.3, -0.25) is 4.79 Å². The Hall–Kier alpha value is -4.20. The fourth-order valence-electron chi connectivity index (χ4n) is 3.47. The van der Waals surface area contributed by atoms with Crippen molar-refractivity contribution in [3.63, 3.8) is 0 Å². The van der Waals surface area contributed by atoms with Gasteiger partial charge >= 0.3 is 0 Å². The number of pyridine rings is 1. The summed E-state index contributed by atoms with van der Waals surface area (Å²) < 4.78 is 12.4. The van der Waals surface area contributed by atoms with Crippen molar-refractivity contribution in [1.29, 1.82) is 0 Å². The number of nitrogens with two attached hydrogens (primary N) is 1. The molecule has 2 heterocycles. The molecule has 4 aromatic rings. The molecular weight excluding hydrogens is 408 g/mol. The normalized spacial score (nSPS) is 10.8. The van der Waals surface area contributed by atoms with E-state index < -0.39 is 0 Å². The monoisotopic (exact) mass is 432 g/mol. The van der Waals surface area contributed by atoms with Crippen LogP contribution in [0.4, 0.5) is 5.69 Å². The molecular formula is C24H24N4O4. The van der Waals surface area contributed by atoms with Gasteiger partial charge in [-0.25, -0.2) is 4.98 Å². The van der Waals surface area contributed by atoms with Gasteiger partial charge in [-0.15, -0.1) is 0 Å². The third-order valence-corrected chi connectivity index (χ3v) is 5.16. The molecule has 0 fully saturated rings. The van der Waals surface area contributed by atoms with Crippen molar-refractivity contribution in [3.05, 3.63) is 72.1 Å². The number of amides is 1. The maximum absolute atomic E-state index is 12.6. The van der Waals surface area contributed by atoms with E-state index in [1.54, 1.807) is 43.0 Å². The first-order valence-electron chi connectivity index (χ1n) is 10.0. The van der Waals surface area contributed by atoms with Crippen LogP contribution in [0.2, 0.25) is 0 Å². The highest BCUT2D eigenvalue weighted by molar-refractivity contribution is 5.95. The molecule has 0 radical (unpaired) electrons. The van der Waals surface area contributed by atoms with E-state index in [1.807, 2.05) is 36.5 Å². The smallest absolute Gasteiger partial charge is 0.252 e. The Bertz CT molecular complexity index is 1270. The van der Waals surface area contributed by atoms with Crippen LogP contribution in [0, 0.1) is 0 Å². The number of nitrogens with one attached hydrogen (secondary N) is 1. The predicted octanol–water partition coefficient (Wildman–Crippen LogP) is 3.28. The summed E-state index contributed by atoms with van der Waals surface area (Å²) in [6.07, 6.45) is 4.18. The molecule has 8 nitrogen and oxygen atoms in total. The molecule has 32 heavy (non-hydrogen) atoms. The Balaban J connectivity index is 1.53. The van der Waals surface area contributed by atoms with Crippen molar-refractivity contribution < 1.29 is 19.4 Å². The van der Waals surface area contributed by atoms with Crippen LogP contribution in [0.25, 0.3) is 16.9 Å². The lowest BCUT2D eigenvalue weighted by Gasteiger charge is -2.08. The Kier molecular flexibility index (Phi) is 5.85. The van der Waals surface area contributed by atoms with Crippen LogP contribution in [-0.2, 0) is 6.42 Å². The number of aromatic nitrogens is 2. The van der Waals surface area contributed by atoms with E-state index in [1.165, 1.54) is 0 Å². The number of anilines is 1. The summed E-state index contributed by atoms with van der Waals surface area (Å²) in [6.45, 7) is 0.461. The number of hydrogen-bond donors (Lipinski definition) is 3. The summed E-state index contributed by atoms with van der Waals surface area (Å²) in [4.78, 5) is 17.3. The standard InChI is InChI=1S/C24H24N4O4/c1-31-21-8-5-16(12-22(21)32-2)20-14-28-13-17(11-19(25)23(28)27-20)24(30)26-10-9-15-3-6-18(29)7-4-15/h3-8,11-14,29H,9-10,25H2,1-2H3,(H,26,30). The average molecular weight is 432 g/mol. The lowest BCUT2D eigenvalue weighted by Crippen LogP contribution is -2.26. The van der Waals surface area contributed by atoms with E-state index in [4.69, 9.17) is 15.2 Å². The third-order valence-electron chi connectivity index (χ3n) is 5.16. The van der Waals surface area contributed by atoms with E-state index in [9.17, 15) is 9.90 Å². The SMILES string of the molecule is COc1ccc(-c2cn3cc(C(=O)NCCc4ccc(O)cc4)cc(N)c3n2)cc1OC. The van der Waals surface area contributed by atoms with Crippen molar-refractivity contribution in [2.75, 3.05) is 26.5 Å². The molecule has 0 aliphatic carbocycles. The molecule has 2 aromatic heterocycles. The summed E-state index contributed by atoms with van der Waals surface area (Å²) >= 11 is 0. The zero-order valence-electron chi connectivity index (χ0n) is 17.8. The molecule has 0 saturated carbocycles. The van der Waals surface area contributed by atoms with Gasteiger partial charge in [0.1, 0.15) is 5.75 Å². The van der Waals surface area contributed by atoms with Gasteiger partial charge in [-0.05, 0) is 48.4 Å². The Morgan fingerprint density at radius 2 is 1.81 bits per heavy atom. The number of aromatic hydroxyl groups is 1. The minimum Gasteiger partial charge on any atom is -0.508 e. The van der Waals surface area contributed by atoms with Crippen LogP contribution < -0.4 is 20.5 Å². The topological polar surface area (TPSA) is 111 Å². The lowest BCUT2D eigenvalue weighted by atomic mass is 10.1. The molecule has 1 amide bonds. The number of imidazole rings is 1. The quantitative estimate of drug-likeness (QED) is 0.413. The van der Waals surface area contributed by atoms with Crippen molar-refractivity contribution in [1.82, 2.24) is 14.7 Å². The van der Waals surface area contributed by atoms with Gasteiger partial charge < -0.3 is 30.0 Å². The largest absolute Gasteiger partial charge is 0.508 e. The summed E-state index contributed by atoms with van der Waals surface area (Å²) in [7, 11) is 3.16. The first-order chi connectivity index (χ1) is 15.5. The number of nitrogen functional groups attached to an aromatic ring is 1. The number of ether oxygens (including phenoxy) is 2. The molecule has 4 N–H and O–H groups in total. The Morgan fingerprint density at radius 3 is 2.53 bits per heavy atom. The molecule has 0 spiro atoms. The van der Waals surface area contributed by atoms with Crippen molar-refractivity contribution in [2.24, 2.45) is 0 Å². The number of carbonyl (C=O) groups is 1. The molecule has 4 rings (SSSR count). The van der Waals surface area contributed by atoms with E-state index >= 15 is 0 Å². The zero-order chi connectivity index (χ0) is 22.7. The molecule has 2 aromatic carbocycles. The fraction of sp³-hybridized carbons (Fsp3) is 0.167. The highest BCUT2D eigenvalue weighted by Crippen LogP contribution is 2.32. The fourth-order valence-corrected chi connectivity index (χ4v) is 3.47. The van der Waals surface area contributed by atoms with Crippen LogP contribution in [0.1, 0.15) is 15.9 Å². The second kappa shape index (κ2) is 8.89. The van der Waals surface area contributed by atoms with E-state index in [0.29, 0.717) is 47.1 Å². The van der Waals surface area contributed by atoms with E-state index in [-0.39, 0.29) is 11.7 Å². The number of carbonyl (C=O) groups excluding carboxylic acids is 1. The maximum atomic E-state index is 12.6. The van der Waals surface area contributed by atoms with Gasteiger partial charge in [-0.1, -0.05) is 12.1 Å². The molecule has 0 aliphatic rings. The molecule has 0 bridgehead atoms. The lowest BCUT2D eigenvalue weighted by molar-refractivity contribution is 0.0953. The van der Waals surface area contributed by atoms with Crippen LogP contribution in [0.15, 0.2) is 60.9 Å². The molecule has 0 saturated heterocycles. The first kappa shape index (κ1) is 21.0. The summed E-state index contributed by atoms with van der Waals surface area (Å²) in [6, 6.07) is 14.1.